The number of aryl methyl sites for hydroxylation is 1. The van der Waals surface area contributed by atoms with Crippen LogP contribution in [0, 0.1) is 0 Å². The first-order valence-electron chi connectivity index (χ1n) is 6.89. The summed E-state index contributed by atoms with van der Waals surface area (Å²) in [6, 6.07) is 8.16. The third kappa shape index (κ3) is 1.48. The molecule has 2 aromatic heterocycles. The van der Waals surface area contributed by atoms with Gasteiger partial charge in [0.15, 0.2) is 0 Å². The van der Waals surface area contributed by atoms with Crippen LogP contribution in [0.15, 0.2) is 30.5 Å². The molecule has 1 aliphatic heterocycles. The number of pyridine rings is 1. The fraction of sp³-hybridized carbons (Fsp3) is 0.250. The van der Waals surface area contributed by atoms with Crippen molar-refractivity contribution in [3.8, 4) is 0 Å². The van der Waals surface area contributed by atoms with Crippen molar-refractivity contribution in [3.05, 3.63) is 41.7 Å². The van der Waals surface area contributed by atoms with Crippen LogP contribution in [0.3, 0.4) is 0 Å². The van der Waals surface area contributed by atoms with Gasteiger partial charge in [0.1, 0.15) is 5.69 Å². The number of fused-ring (bicyclic) bond motifs is 5. The zero-order valence-corrected chi connectivity index (χ0v) is 11.3. The third-order valence-corrected chi connectivity index (χ3v) is 4.13. The molecule has 0 spiro atoms. The van der Waals surface area contributed by atoms with E-state index in [1.54, 1.807) is 11.1 Å². The number of hydrogen-bond donors (Lipinski definition) is 1. The van der Waals surface area contributed by atoms with E-state index in [1.165, 1.54) is 0 Å². The Balaban J connectivity index is 2.09. The van der Waals surface area contributed by atoms with Crippen LogP contribution in [0.2, 0.25) is 0 Å². The van der Waals surface area contributed by atoms with E-state index in [2.05, 4.69) is 22.1 Å². The van der Waals surface area contributed by atoms with Gasteiger partial charge in [-0.15, -0.1) is 0 Å². The second kappa shape index (κ2) is 4.07. The van der Waals surface area contributed by atoms with E-state index in [4.69, 9.17) is 0 Å². The minimum atomic E-state index is 0.0813. The number of H-pyrrole nitrogens is 1. The summed E-state index contributed by atoms with van der Waals surface area (Å²) in [4.78, 5) is 22.0. The highest BCUT2D eigenvalue weighted by molar-refractivity contribution is 6.09. The van der Waals surface area contributed by atoms with Crippen molar-refractivity contribution in [1.29, 1.82) is 0 Å². The average molecular weight is 265 g/mol. The van der Waals surface area contributed by atoms with E-state index in [0.717, 1.165) is 52.4 Å². The zero-order chi connectivity index (χ0) is 13.7. The Morgan fingerprint density at radius 1 is 1.30 bits per heavy atom. The van der Waals surface area contributed by atoms with Gasteiger partial charge in [0.05, 0.1) is 11.0 Å². The lowest BCUT2D eigenvalue weighted by Gasteiger charge is -2.12. The van der Waals surface area contributed by atoms with Crippen LogP contribution in [0.25, 0.3) is 21.8 Å². The first-order valence-corrected chi connectivity index (χ1v) is 6.89. The van der Waals surface area contributed by atoms with Gasteiger partial charge >= 0.3 is 0 Å². The fourth-order valence-electron chi connectivity index (χ4n) is 3.09. The van der Waals surface area contributed by atoms with Gasteiger partial charge in [-0.1, -0.05) is 18.2 Å². The van der Waals surface area contributed by atoms with Gasteiger partial charge in [0.2, 0.25) is 0 Å². The predicted molar refractivity (Wildman–Crippen MR) is 78.9 cm³/mol. The van der Waals surface area contributed by atoms with Gasteiger partial charge in [-0.2, -0.15) is 0 Å². The highest BCUT2D eigenvalue weighted by Gasteiger charge is 2.24. The maximum absolute atomic E-state index is 12.4. The highest BCUT2D eigenvalue weighted by Crippen LogP contribution is 2.30. The van der Waals surface area contributed by atoms with Gasteiger partial charge in [0, 0.05) is 30.6 Å². The smallest absolute Gasteiger partial charge is 0.270 e. The lowest BCUT2D eigenvalue weighted by molar-refractivity contribution is 0.0795. The van der Waals surface area contributed by atoms with Crippen molar-refractivity contribution >= 4 is 27.7 Å². The Hall–Kier alpha value is -2.36. The molecule has 0 saturated heterocycles. The Bertz CT molecular complexity index is 834. The van der Waals surface area contributed by atoms with Crippen LogP contribution >= 0.6 is 0 Å². The van der Waals surface area contributed by atoms with Gasteiger partial charge in [-0.3, -0.25) is 9.78 Å². The summed E-state index contributed by atoms with van der Waals surface area (Å²) in [5.41, 5.74) is 3.80. The van der Waals surface area contributed by atoms with E-state index >= 15 is 0 Å². The molecule has 0 saturated carbocycles. The number of rotatable bonds is 0. The minimum absolute atomic E-state index is 0.0813. The number of hydrogen-bond acceptors (Lipinski definition) is 2. The molecule has 0 fully saturated rings. The van der Waals surface area contributed by atoms with Gasteiger partial charge in [-0.05, 0) is 24.5 Å². The Morgan fingerprint density at radius 3 is 3.10 bits per heavy atom. The van der Waals surface area contributed by atoms with Crippen molar-refractivity contribution in [3.63, 3.8) is 0 Å². The lowest BCUT2D eigenvalue weighted by Crippen LogP contribution is -2.26. The Morgan fingerprint density at radius 2 is 2.20 bits per heavy atom. The van der Waals surface area contributed by atoms with Gasteiger partial charge in [0.25, 0.3) is 5.91 Å². The zero-order valence-electron chi connectivity index (χ0n) is 11.3. The maximum Gasteiger partial charge on any atom is 0.270 e. The number of amides is 1. The third-order valence-electron chi connectivity index (χ3n) is 4.13. The molecule has 1 amide bonds. The lowest BCUT2D eigenvalue weighted by atomic mass is 10.0. The maximum atomic E-state index is 12.4. The molecule has 100 valence electrons. The fourth-order valence-corrected chi connectivity index (χ4v) is 3.09. The topological polar surface area (TPSA) is 49.0 Å². The summed E-state index contributed by atoms with van der Waals surface area (Å²) >= 11 is 0. The van der Waals surface area contributed by atoms with Crippen LogP contribution in [-0.2, 0) is 6.42 Å². The summed E-state index contributed by atoms with van der Waals surface area (Å²) in [7, 11) is 1.86. The van der Waals surface area contributed by atoms with Crippen LogP contribution in [-0.4, -0.2) is 34.4 Å². The standard InChI is InChI=1S/C16H15N3O/c1-19-9-3-5-11-12-7-6-10-4-2-8-17-13(10)14(12)18-15(11)16(19)20/h2,4,6-8,18H,3,5,9H2,1H3. The monoisotopic (exact) mass is 265 g/mol. The number of aromatic amines is 1. The number of carbonyl (C=O) groups excluding carboxylic acids is 1. The normalized spacial score (nSPS) is 15.7. The second-order valence-corrected chi connectivity index (χ2v) is 5.37. The molecule has 3 aromatic rings. The Labute approximate surface area is 116 Å². The van der Waals surface area contributed by atoms with Crippen LogP contribution in [0.1, 0.15) is 22.5 Å². The summed E-state index contributed by atoms with van der Waals surface area (Å²) in [5, 5.41) is 2.23. The number of nitrogens with zero attached hydrogens (tertiary/aromatic N) is 2. The molecular weight excluding hydrogens is 250 g/mol. The number of carbonyl (C=O) groups is 1. The summed E-state index contributed by atoms with van der Waals surface area (Å²) in [6.07, 6.45) is 3.73. The molecule has 20 heavy (non-hydrogen) atoms. The Kier molecular flexibility index (Phi) is 2.33. The molecular formula is C16H15N3O. The molecule has 0 bridgehead atoms. The van der Waals surface area contributed by atoms with Crippen LogP contribution in [0.5, 0.6) is 0 Å². The SMILES string of the molecule is CN1CCCc2c([nH]c3c2ccc2cccnc23)C1=O. The quantitative estimate of drug-likeness (QED) is 0.679. The average Bonchev–Trinajstić information content (AvgIpc) is 2.79. The predicted octanol–water partition coefficient (Wildman–Crippen LogP) is 2.73. The molecule has 4 heteroatoms. The van der Waals surface area contributed by atoms with E-state index in [0.29, 0.717) is 0 Å². The molecule has 4 nitrogen and oxygen atoms in total. The van der Waals surface area contributed by atoms with Crippen LogP contribution < -0.4 is 0 Å². The van der Waals surface area contributed by atoms with E-state index in [1.807, 2.05) is 19.2 Å². The van der Waals surface area contributed by atoms with E-state index < -0.39 is 0 Å². The summed E-state index contributed by atoms with van der Waals surface area (Å²) in [5.74, 6) is 0.0813. The largest absolute Gasteiger partial charge is 0.349 e. The molecule has 1 N–H and O–H groups in total. The van der Waals surface area contributed by atoms with E-state index in [9.17, 15) is 4.79 Å². The van der Waals surface area contributed by atoms with Crippen molar-refractivity contribution < 1.29 is 4.79 Å². The minimum Gasteiger partial charge on any atom is -0.349 e. The molecule has 1 aliphatic rings. The number of aromatic nitrogens is 2. The first-order chi connectivity index (χ1) is 9.75. The van der Waals surface area contributed by atoms with E-state index in [-0.39, 0.29) is 5.91 Å². The summed E-state index contributed by atoms with van der Waals surface area (Å²) < 4.78 is 0. The molecule has 0 aliphatic carbocycles. The van der Waals surface area contributed by atoms with Crippen molar-refractivity contribution in [2.24, 2.45) is 0 Å². The van der Waals surface area contributed by atoms with Crippen molar-refractivity contribution in [1.82, 2.24) is 14.9 Å². The molecule has 1 aromatic carbocycles. The molecule has 0 radical (unpaired) electrons. The number of nitrogens with one attached hydrogen (secondary N) is 1. The number of benzene rings is 1. The van der Waals surface area contributed by atoms with Gasteiger partial charge < -0.3 is 9.88 Å². The van der Waals surface area contributed by atoms with Crippen molar-refractivity contribution in [2.45, 2.75) is 12.8 Å². The summed E-state index contributed by atoms with van der Waals surface area (Å²) in [6.45, 7) is 0.814. The molecule has 3 heterocycles. The van der Waals surface area contributed by atoms with Gasteiger partial charge in [-0.25, -0.2) is 0 Å². The molecule has 0 atom stereocenters. The van der Waals surface area contributed by atoms with Crippen LogP contribution in [0.4, 0.5) is 0 Å². The first kappa shape index (κ1) is 11.5. The molecule has 4 rings (SSSR count). The molecule has 0 unspecified atom stereocenters. The van der Waals surface area contributed by atoms with Crippen molar-refractivity contribution in [2.75, 3.05) is 13.6 Å². The second-order valence-electron chi connectivity index (χ2n) is 5.37. The highest BCUT2D eigenvalue weighted by atomic mass is 16.2.